The Bertz CT molecular complexity index is 1380. The Labute approximate surface area is 230 Å². The third-order valence-corrected chi connectivity index (χ3v) is 6.77. The van der Waals surface area contributed by atoms with Gasteiger partial charge in [0.25, 0.3) is 5.91 Å². The van der Waals surface area contributed by atoms with Gasteiger partial charge in [0.15, 0.2) is 0 Å². The lowest BCUT2D eigenvalue weighted by atomic mass is 9.69. The van der Waals surface area contributed by atoms with Gasteiger partial charge in [-0.2, -0.15) is 0 Å². The Hall–Kier alpha value is -4.25. The molecule has 204 valence electrons. The van der Waals surface area contributed by atoms with Gasteiger partial charge in [-0.1, -0.05) is 49.7 Å². The second kappa shape index (κ2) is 11.6. The molecule has 0 saturated carbocycles. The van der Waals surface area contributed by atoms with Crippen LogP contribution in [0.25, 0.3) is 0 Å². The zero-order chi connectivity index (χ0) is 28.2. The lowest BCUT2D eigenvalue weighted by molar-refractivity contribution is -0.122. The van der Waals surface area contributed by atoms with Crippen LogP contribution in [0.2, 0.25) is 5.15 Å². The van der Waals surface area contributed by atoms with E-state index in [1.807, 2.05) is 29.2 Å². The molecular weight excluding hydrogens is 524 g/mol. The van der Waals surface area contributed by atoms with E-state index >= 15 is 0 Å². The number of pyridine rings is 1. The van der Waals surface area contributed by atoms with E-state index in [4.69, 9.17) is 16.3 Å². The van der Waals surface area contributed by atoms with Gasteiger partial charge in [-0.05, 0) is 23.1 Å². The number of nitrogens with zero attached hydrogens (tertiary/aromatic N) is 4. The first-order valence-electron chi connectivity index (χ1n) is 12.2. The second-order valence-electron chi connectivity index (χ2n) is 9.37. The predicted octanol–water partition coefficient (Wildman–Crippen LogP) is 3.69. The highest BCUT2D eigenvalue weighted by Crippen LogP contribution is 2.41. The Kier molecular flexibility index (Phi) is 8.29. The molecule has 1 saturated heterocycles. The summed E-state index contributed by atoms with van der Waals surface area (Å²) >= 11 is 6.02. The summed E-state index contributed by atoms with van der Waals surface area (Å²) in [4.78, 5) is 52.5. The van der Waals surface area contributed by atoms with Gasteiger partial charge in [-0.3, -0.25) is 14.6 Å². The number of carbonyl (C=O) groups is 3. The van der Waals surface area contributed by atoms with Crippen LogP contribution >= 0.6 is 11.6 Å². The zero-order valence-corrected chi connectivity index (χ0v) is 22.8. The van der Waals surface area contributed by atoms with E-state index in [0.717, 1.165) is 11.1 Å². The van der Waals surface area contributed by atoms with Crippen molar-refractivity contribution < 1.29 is 23.9 Å². The van der Waals surface area contributed by atoms with Crippen LogP contribution in [0.5, 0.6) is 0 Å². The third kappa shape index (κ3) is 5.78. The third-order valence-electron chi connectivity index (χ3n) is 6.57. The normalized spacial score (nSPS) is 13.8. The molecule has 0 atom stereocenters. The largest absolute Gasteiger partial charge is 0.508 e. The summed E-state index contributed by atoms with van der Waals surface area (Å²) in [6.07, 6.45) is 3.65. The Morgan fingerprint density at radius 2 is 1.85 bits per heavy atom. The number of nitrogens with one attached hydrogen (secondary N) is 2. The van der Waals surface area contributed by atoms with E-state index in [9.17, 15) is 14.4 Å². The number of aromatic nitrogens is 3. The van der Waals surface area contributed by atoms with E-state index in [2.05, 4.69) is 44.2 Å². The number of anilines is 2. The van der Waals surface area contributed by atoms with Gasteiger partial charge < -0.3 is 25.0 Å². The fourth-order valence-electron chi connectivity index (χ4n) is 4.51. The van der Waals surface area contributed by atoms with Gasteiger partial charge in [0.1, 0.15) is 23.0 Å². The van der Waals surface area contributed by atoms with Crippen molar-refractivity contribution in [1.29, 1.82) is 0 Å². The molecule has 2 aromatic heterocycles. The fraction of sp³-hybridized carbons (Fsp3) is 0.333. The molecule has 0 bridgehead atoms. The van der Waals surface area contributed by atoms with E-state index in [1.54, 1.807) is 6.20 Å². The quantitative estimate of drug-likeness (QED) is 0.317. The molecule has 39 heavy (non-hydrogen) atoms. The number of methoxy groups -OCH3 is 1. The van der Waals surface area contributed by atoms with Crippen LogP contribution in [0.4, 0.5) is 16.3 Å². The van der Waals surface area contributed by atoms with Crippen molar-refractivity contribution in [3.63, 3.8) is 0 Å². The molecule has 11 nitrogen and oxygen atoms in total. The van der Waals surface area contributed by atoms with Gasteiger partial charge in [-0.25, -0.2) is 14.8 Å². The number of amides is 2. The molecule has 3 aromatic rings. The number of halogens is 1. The molecule has 1 aliphatic rings. The molecule has 0 aliphatic carbocycles. The van der Waals surface area contributed by atoms with Crippen LogP contribution < -0.4 is 15.5 Å². The van der Waals surface area contributed by atoms with Gasteiger partial charge in [0.2, 0.25) is 5.91 Å². The lowest BCUT2D eigenvalue weighted by Crippen LogP contribution is -2.66. The van der Waals surface area contributed by atoms with Crippen LogP contribution in [-0.4, -0.2) is 60.2 Å². The SMILES string of the molecule is CNC(=O)c1cc(Cl)ncc1NC(=O)C1(c2ccccc2C(C)C)CN(c2cnc(COC(=O)OC)cn2)C1. The highest BCUT2D eigenvalue weighted by atomic mass is 35.5. The van der Waals surface area contributed by atoms with E-state index in [1.165, 1.54) is 32.6 Å². The number of carbonyl (C=O) groups excluding carboxylic acids is 3. The average molecular weight is 553 g/mol. The van der Waals surface area contributed by atoms with Gasteiger partial charge >= 0.3 is 6.16 Å². The molecule has 2 amide bonds. The highest BCUT2D eigenvalue weighted by Gasteiger charge is 2.52. The number of benzene rings is 1. The van der Waals surface area contributed by atoms with Crippen molar-refractivity contribution in [3.8, 4) is 0 Å². The van der Waals surface area contributed by atoms with Crippen LogP contribution in [0, 0.1) is 0 Å². The van der Waals surface area contributed by atoms with Gasteiger partial charge in [-0.15, -0.1) is 0 Å². The summed E-state index contributed by atoms with van der Waals surface area (Å²) in [6.45, 7) is 4.73. The first kappa shape index (κ1) is 27.8. The van der Waals surface area contributed by atoms with Crippen LogP contribution in [-0.2, 0) is 26.3 Å². The summed E-state index contributed by atoms with van der Waals surface area (Å²) < 4.78 is 9.36. The molecule has 1 aliphatic heterocycles. The summed E-state index contributed by atoms with van der Waals surface area (Å²) in [5.41, 5.74) is 1.94. The van der Waals surface area contributed by atoms with Crippen molar-refractivity contribution in [1.82, 2.24) is 20.3 Å². The number of hydrogen-bond donors (Lipinski definition) is 2. The van der Waals surface area contributed by atoms with Crippen molar-refractivity contribution >= 4 is 41.1 Å². The number of rotatable bonds is 8. The summed E-state index contributed by atoms with van der Waals surface area (Å²) in [7, 11) is 2.73. The molecule has 12 heteroatoms. The lowest BCUT2D eigenvalue weighted by Gasteiger charge is -2.50. The standard InChI is InChI=1S/C27H29ClN6O5/c1-16(2)18-7-5-6-8-20(18)27(25(36)33-21-11-31-22(28)9-19(21)24(35)29-3)14-34(15-27)23-12-30-17(10-32-23)13-39-26(37)38-4/h5-12,16H,13-15H2,1-4H3,(H,29,35)(H,33,36). The van der Waals surface area contributed by atoms with Crippen molar-refractivity contribution in [2.24, 2.45) is 0 Å². The molecular formula is C27H29ClN6O5. The van der Waals surface area contributed by atoms with Crippen molar-refractivity contribution in [2.75, 3.05) is 37.5 Å². The molecule has 1 fully saturated rings. The van der Waals surface area contributed by atoms with Crippen molar-refractivity contribution in [3.05, 3.63) is 76.5 Å². The molecule has 2 N–H and O–H groups in total. The van der Waals surface area contributed by atoms with Crippen molar-refractivity contribution in [2.45, 2.75) is 31.8 Å². The monoisotopic (exact) mass is 552 g/mol. The predicted molar refractivity (Wildman–Crippen MR) is 145 cm³/mol. The molecule has 0 spiro atoms. The molecule has 1 aromatic carbocycles. The first-order chi connectivity index (χ1) is 18.7. The maximum atomic E-state index is 14.0. The fourth-order valence-corrected chi connectivity index (χ4v) is 4.67. The van der Waals surface area contributed by atoms with E-state index in [-0.39, 0.29) is 34.8 Å². The molecule has 0 radical (unpaired) electrons. The average Bonchev–Trinajstić information content (AvgIpc) is 2.92. The van der Waals surface area contributed by atoms with Gasteiger partial charge in [0, 0.05) is 20.1 Å². The van der Waals surface area contributed by atoms with Crippen LogP contribution in [0.3, 0.4) is 0 Å². The molecule has 3 heterocycles. The molecule has 0 unspecified atom stereocenters. The van der Waals surface area contributed by atoms with Gasteiger partial charge in [0.05, 0.1) is 42.6 Å². The topological polar surface area (TPSA) is 136 Å². The van der Waals surface area contributed by atoms with E-state index < -0.39 is 17.5 Å². The van der Waals surface area contributed by atoms with Crippen LogP contribution in [0.1, 0.15) is 46.9 Å². The smallest absolute Gasteiger partial charge is 0.438 e. The minimum Gasteiger partial charge on any atom is -0.438 e. The maximum absolute atomic E-state index is 14.0. The minimum atomic E-state index is -0.936. The Balaban J connectivity index is 1.63. The maximum Gasteiger partial charge on any atom is 0.508 e. The number of hydrogen-bond acceptors (Lipinski definition) is 9. The Morgan fingerprint density at radius 3 is 2.49 bits per heavy atom. The van der Waals surface area contributed by atoms with E-state index in [0.29, 0.717) is 24.6 Å². The number of ether oxygens (including phenoxy) is 2. The molecule has 4 rings (SSSR count). The Morgan fingerprint density at radius 1 is 1.10 bits per heavy atom. The first-order valence-corrected chi connectivity index (χ1v) is 12.6. The van der Waals surface area contributed by atoms with Crippen LogP contribution in [0.15, 0.2) is 48.9 Å². The minimum absolute atomic E-state index is 0.0726. The summed E-state index contributed by atoms with van der Waals surface area (Å²) in [5, 5.41) is 5.63. The zero-order valence-electron chi connectivity index (χ0n) is 22.0. The summed E-state index contributed by atoms with van der Waals surface area (Å²) in [6, 6.07) is 9.26. The summed E-state index contributed by atoms with van der Waals surface area (Å²) in [5.74, 6) is 0.0686. The highest BCUT2D eigenvalue weighted by molar-refractivity contribution is 6.30. The second-order valence-corrected chi connectivity index (χ2v) is 9.76.